The van der Waals surface area contributed by atoms with Crippen LogP contribution < -0.4 is 10.1 Å². The standard InChI is InChI=1S/C15H23NO3/c1-10(2)11-6-7-12(13(8-11)19-5)15(3,4)9-16-14(17)18/h6-8,10,16H,9H2,1-5H3,(H,17,18). The number of ether oxygens (including phenoxy) is 1. The van der Waals surface area contributed by atoms with E-state index in [2.05, 4.69) is 25.2 Å². The summed E-state index contributed by atoms with van der Waals surface area (Å²) in [4.78, 5) is 10.6. The molecule has 0 saturated heterocycles. The molecule has 0 unspecified atom stereocenters. The Hall–Kier alpha value is -1.71. The SMILES string of the molecule is COc1cc(C(C)C)ccc1C(C)(C)CNC(=O)O. The van der Waals surface area contributed by atoms with Crippen molar-refractivity contribution in [2.45, 2.75) is 39.0 Å². The number of hydrogen-bond acceptors (Lipinski definition) is 2. The number of rotatable bonds is 5. The number of methoxy groups -OCH3 is 1. The Morgan fingerprint density at radius 3 is 2.53 bits per heavy atom. The monoisotopic (exact) mass is 265 g/mol. The molecule has 1 aromatic carbocycles. The van der Waals surface area contributed by atoms with Crippen LogP contribution in [0.5, 0.6) is 5.75 Å². The maximum absolute atomic E-state index is 10.6. The van der Waals surface area contributed by atoms with E-state index < -0.39 is 6.09 Å². The molecule has 0 fully saturated rings. The van der Waals surface area contributed by atoms with Crippen LogP contribution >= 0.6 is 0 Å². The van der Waals surface area contributed by atoms with Crippen molar-refractivity contribution in [3.63, 3.8) is 0 Å². The molecule has 1 rings (SSSR count). The van der Waals surface area contributed by atoms with Crippen LogP contribution in [-0.2, 0) is 5.41 Å². The second-order valence-corrected chi connectivity index (χ2v) is 5.66. The van der Waals surface area contributed by atoms with Crippen LogP contribution in [0.15, 0.2) is 18.2 Å². The summed E-state index contributed by atoms with van der Waals surface area (Å²) >= 11 is 0. The lowest BCUT2D eigenvalue weighted by molar-refractivity contribution is 0.191. The van der Waals surface area contributed by atoms with E-state index in [1.807, 2.05) is 26.0 Å². The normalized spacial score (nSPS) is 11.5. The van der Waals surface area contributed by atoms with Crippen LogP contribution in [0.1, 0.15) is 44.7 Å². The molecule has 4 heteroatoms. The quantitative estimate of drug-likeness (QED) is 0.858. The van der Waals surface area contributed by atoms with E-state index in [1.54, 1.807) is 7.11 Å². The Kier molecular flexibility index (Phi) is 4.81. The topological polar surface area (TPSA) is 58.6 Å². The summed E-state index contributed by atoms with van der Waals surface area (Å²) in [6.07, 6.45) is -1.01. The van der Waals surface area contributed by atoms with Gasteiger partial charge in [-0.05, 0) is 17.5 Å². The van der Waals surface area contributed by atoms with E-state index in [9.17, 15) is 4.79 Å². The summed E-state index contributed by atoms with van der Waals surface area (Å²) in [5.74, 6) is 1.24. The third-order valence-corrected chi connectivity index (χ3v) is 3.30. The number of carbonyl (C=O) groups is 1. The number of amides is 1. The second-order valence-electron chi connectivity index (χ2n) is 5.66. The lowest BCUT2D eigenvalue weighted by atomic mass is 9.82. The smallest absolute Gasteiger partial charge is 0.404 e. The molecule has 1 amide bonds. The fraction of sp³-hybridized carbons (Fsp3) is 0.533. The molecule has 0 heterocycles. The van der Waals surface area contributed by atoms with Gasteiger partial charge in [-0.3, -0.25) is 0 Å². The highest BCUT2D eigenvalue weighted by atomic mass is 16.5. The average molecular weight is 265 g/mol. The second kappa shape index (κ2) is 5.95. The van der Waals surface area contributed by atoms with Gasteiger partial charge < -0.3 is 15.2 Å². The lowest BCUT2D eigenvalue weighted by Gasteiger charge is -2.27. The van der Waals surface area contributed by atoms with Crippen molar-refractivity contribution < 1.29 is 14.6 Å². The fourth-order valence-electron chi connectivity index (χ4n) is 2.02. The number of carboxylic acid groups (broad SMARTS) is 1. The molecule has 0 atom stereocenters. The summed E-state index contributed by atoms with van der Waals surface area (Å²) in [5, 5.41) is 11.2. The van der Waals surface area contributed by atoms with Crippen LogP contribution in [0.4, 0.5) is 4.79 Å². The van der Waals surface area contributed by atoms with Crippen LogP contribution in [0.2, 0.25) is 0 Å². The van der Waals surface area contributed by atoms with Crippen molar-refractivity contribution in [1.82, 2.24) is 5.32 Å². The van der Waals surface area contributed by atoms with Crippen molar-refractivity contribution in [3.8, 4) is 5.75 Å². The van der Waals surface area contributed by atoms with E-state index in [0.717, 1.165) is 11.3 Å². The molecule has 0 bridgehead atoms. The summed E-state index contributed by atoms with van der Waals surface area (Å²) in [5.41, 5.74) is 1.90. The predicted molar refractivity (Wildman–Crippen MR) is 76.1 cm³/mol. The van der Waals surface area contributed by atoms with Crippen molar-refractivity contribution >= 4 is 6.09 Å². The van der Waals surface area contributed by atoms with E-state index in [0.29, 0.717) is 12.5 Å². The summed E-state index contributed by atoms with van der Waals surface area (Å²) in [6.45, 7) is 8.60. The lowest BCUT2D eigenvalue weighted by Crippen LogP contribution is -2.36. The molecule has 0 aliphatic carbocycles. The van der Waals surface area contributed by atoms with E-state index in [1.165, 1.54) is 5.56 Å². The molecule has 2 N–H and O–H groups in total. The van der Waals surface area contributed by atoms with Gasteiger partial charge in [0.15, 0.2) is 0 Å². The van der Waals surface area contributed by atoms with Crippen LogP contribution in [0, 0.1) is 0 Å². The zero-order chi connectivity index (χ0) is 14.6. The molecule has 0 radical (unpaired) electrons. The number of hydrogen-bond donors (Lipinski definition) is 2. The zero-order valence-electron chi connectivity index (χ0n) is 12.3. The first-order chi connectivity index (χ1) is 8.77. The van der Waals surface area contributed by atoms with E-state index in [4.69, 9.17) is 9.84 Å². The Balaban J connectivity index is 3.07. The highest BCUT2D eigenvalue weighted by Crippen LogP contribution is 2.33. The molecule has 0 saturated carbocycles. The zero-order valence-corrected chi connectivity index (χ0v) is 12.3. The molecule has 0 aromatic heterocycles. The van der Waals surface area contributed by atoms with Gasteiger partial charge in [0.2, 0.25) is 0 Å². The number of benzene rings is 1. The molecular weight excluding hydrogens is 242 g/mol. The summed E-state index contributed by atoms with van der Waals surface area (Å²) < 4.78 is 5.45. The van der Waals surface area contributed by atoms with Gasteiger partial charge in [-0.2, -0.15) is 0 Å². The minimum absolute atomic E-state index is 0.320. The number of nitrogens with one attached hydrogen (secondary N) is 1. The average Bonchev–Trinajstić information content (AvgIpc) is 2.35. The molecule has 0 aliphatic heterocycles. The Morgan fingerprint density at radius 2 is 2.05 bits per heavy atom. The maximum Gasteiger partial charge on any atom is 0.404 e. The van der Waals surface area contributed by atoms with Gasteiger partial charge in [0.05, 0.1) is 7.11 Å². The Bertz CT molecular complexity index is 453. The van der Waals surface area contributed by atoms with Gasteiger partial charge in [-0.1, -0.05) is 39.8 Å². The van der Waals surface area contributed by atoms with Gasteiger partial charge in [-0.15, -0.1) is 0 Å². The Morgan fingerprint density at radius 1 is 1.42 bits per heavy atom. The highest BCUT2D eigenvalue weighted by Gasteiger charge is 2.25. The molecular formula is C15H23NO3. The van der Waals surface area contributed by atoms with Gasteiger partial charge in [0.1, 0.15) is 5.75 Å². The van der Waals surface area contributed by atoms with Gasteiger partial charge >= 0.3 is 6.09 Å². The summed E-state index contributed by atoms with van der Waals surface area (Å²) in [7, 11) is 1.64. The molecule has 0 aliphatic rings. The maximum atomic E-state index is 10.6. The van der Waals surface area contributed by atoms with Crippen LogP contribution in [-0.4, -0.2) is 24.9 Å². The molecule has 0 spiro atoms. The molecule has 1 aromatic rings. The molecule has 106 valence electrons. The fourth-order valence-corrected chi connectivity index (χ4v) is 2.02. The largest absolute Gasteiger partial charge is 0.496 e. The third kappa shape index (κ3) is 3.88. The van der Waals surface area contributed by atoms with E-state index in [-0.39, 0.29) is 5.41 Å². The van der Waals surface area contributed by atoms with Crippen LogP contribution in [0.3, 0.4) is 0 Å². The van der Waals surface area contributed by atoms with Crippen molar-refractivity contribution in [3.05, 3.63) is 29.3 Å². The molecule has 4 nitrogen and oxygen atoms in total. The highest BCUT2D eigenvalue weighted by molar-refractivity contribution is 5.64. The Labute approximate surface area is 114 Å². The third-order valence-electron chi connectivity index (χ3n) is 3.30. The molecule has 19 heavy (non-hydrogen) atoms. The van der Waals surface area contributed by atoms with Crippen molar-refractivity contribution in [2.24, 2.45) is 0 Å². The van der Waals surface area contributed by atoms with E-state index >= 15 is 0 Å². The van der Waals surface area contributed by atoms with Crippen LogP contribution in [0.25, 0.3) is 0 Å². The van der Waals surface area contributed by atoms with Gasteiger partial charge in [-0.25, -0.2) is 4.79 Å². The predicted octanol–water partition coefficient (Wildman–Crippen LogP) is 3.36. The van der Waals surface area contributed by atoms with Gasteiger partial charge in [0, 0.05) is 17.5 Å². The van der Waals surface area contributed by atoms with Crippen molar-refractivity contribution in [1.29, 1.82) is 0 Å². The summed E-state index contributed by atoms with van der Waals surface area (Å²) in [6, 6.07) is 6.13. The minimum atomic E-state index is -1.01. The van der Waals surface area contributed by atoms with Gasteiger partial charge in [0.25, 0.3) is 0 Å². The first kappa shape index (κ1) is 15.3. The van der Waals surface area contributed by atoms with Crippen molar-refractivity contribution in [2.75, 3.05) is 13.7 Å². The first-order valence-corrected chi connectivity index (χ1v) is 6.43. The first-order valence-electron chi connectivity index (χ1n) is 6.43. The minimum Gasteiger partial charge on any atom is -0.496 e.